The number of carbonyl (C=O) groups excluding carboxylic acids is 2. The Balaban J connectivity index is 1.52. The van der Waals surface area contributed by atoms with Gasteiger partial charge in [-0.1, -0.05) is 36.4 Å². The van der Waals surface area contributed by atoms with Crippen LogP contribution >= 0.6 is 11.3 Å². The Kier molecular flexibility index (Phi) is 4.64. The van der Waals surface area contributed by atoms with Crippen LogP contribution in [0.4, 0.5) is 0 Å². The number of ketones is 1. The van der Waals surface area contributed by atoms with Gasteiger partial charge in [0.2, 0.25) is 0 Å². The summed E-state index contributed by atoms with van der Waals surface area (Å²) in [4.78, 5) is 32.4. The number of hydrogen-bond donors (Lipinski definition) is 1. The molecule has 134 valence electrons. The highest BCUT2D eigenvalue weighted by Crippen LogP contribution is 2.27. The highest BCUT2D eigenvalue weighted by Gasteiger charge is 2.21. The predicted octanol–water partition coefficient (Wildman–Crippen LogP) is 3.28. The standard InChI is InChI=1S/C21H17N3O2S/c1-22-21(26)20-17-7-6-15(9-16(17)10-23-20)14-4-2-13(3-5-14)8-19(25)18-11-27-12-24-18/h2-7,9,11-12H,8,10H2,1H3,(H,22,26). The van der Waals surface area contributed by atoms with Crippen LogP contribution < -0.4 is 5.32 Å². The maximum atomic E-state index is 12.2. The molecule has 4 rings (SSSR count). The van der Waals surface area contributed by atoms with Gasteiger partial charge in [-0.05, 0) is 28.3 Å². The van der Waals surface area contributed by atoms with Crippen LogP contribution in [-0.2, 0) is 17.8 Å². The molecule has 27 heavy (non-hydrogen) atoms. The lowest BCUT2D eigenvalue weighted by atomic mass is 9.97. The highest BCUT2D eigenvalue weighted by atomic mass is 32.1. The molecule has 0 spiro atoms. The maximum absolute atomic E-state index is 12.2. The van der Waals surface area contributed by atoms with Crippen molar-refractivity contribution < 1.29 is 9.59 Å². The molecule has 6 heteroatoms. The summed E-state index contributed by atoms with van der Waals surface area (Å²) in [5.41, 5.74) is 7.73. The number of likely N-dealkylation sites (N-methyl/N-ethyl adjacent to an activating group) is 1. The van der Waals surface area contributed by atoms with Crippen LogP contribution in [0, 0.1) is 0 Å². The summed E-state index contributed by atoms with van der Waals surface area (Å²) in [5, 5.41) is 4.40. The zero-order valence-electron chi connectivity index (χ0n) is 14.7. The zero-order chi connectivity index (χ0) is 18.8. The van der Waals surface area contributed by atoms with Gasteiger partial charge in [0.15, 0.2) is 5.78 Å². The summed E-state index contributed by atoms with van der Waals surface area (Å²) < 4.78 is 0. The van der Waals surface area contributed by atoms with Crippen molar-refractivity contribution in [1.82, 2.24) is 10.3 Å². The van der Waals surface area contributed by atoms with Gasteiger partial charge in [-0.3, -0.25) is 14.6 Å². The molecule has 1 aromatic heterocycles. The van der Waals surface area contributed by atoms with E-state index in [2.05, 4.69) is 21.4 Å². The first kappa shape index (κ1) is 17.3. The number of aromatic nitrogens is 1. The van der Waals surface area contributed by atoms with Gasteiger partial charge >= 0.3 is 0 Å². The van der Waals surface area contributed by atoms with Crippen LogP contribution in [0.15, 0.2) is 58.3 Å². The molecule has 1 N–H and O–H groups in total. The minimum Gasteiger partial charge on any atom is -0.354 e. The van der Waals surface area contributed by atoms with Gasteiger partial charge < -0.3 is 5.32 Å². The van der Waals surface area contributed by atoms with Crippen molar-refractivity contribution in [3.8, 4) is 11.1 Å². The Labute approximate surface area is 160 Å². The van der Waals surface area contributed by atoms with Crippen LogP contribution in [0.25, 0.3) is 11.1 Å². The van der Waals surface area contributed by atoms with Gasteiger partial charge in [-0.2, -0.15) is 0 Å². The number of rotatable bonds is 5. The van der Waals surface area contributed by atoms with E-state index in [1.54, 1.807) is 17.9 Å². The topological polar surface area (TPSA) is 71.4 Å². The molecule has 1 aliphatic rings. The third-order valence-electron chi connectivity index (χ3n) is 4.58. The molecular formula is C21H17N3O2S. The first-order valence-corrected chi connectivity index (χ1v) is 9.50. The summed E-state index contributed by atoms with van der Waals surface area (Å²) in [7, 11) is 1.61. The summed E-state index contributed by atoms with van der Waals surface area (Å²) in [6, 6.07) is 14.0. The van der Waals surface area contributed by atoms with E-state index in [1.165, 1.54) is 11.3 Å². The molecule has 0 bridgehead atoms. The Hall–Kier alpha value is -3.12. The number of nitrogens with zero attached hydrogens (tertiary/aromatic N) is 2. The largest absolute Gasteiger partial charge is 0.354 e. The number of fused-ring (bicyclic) bond motifs is 1. The zero-order valence-corrected chi connectivity index (χ0v) is 15.5. The average molecular weight is 375 g/mol. The summed E-state index contributed by atoms with van der Waals surface area (Å²) in [5.74, 6) is -0.129. The molecule has 2 aromatic carbocycles. The molecule has 0 saturated carbocycles. The lowest BCUT2D eigenvalue weighted by molar-refractivity contribution is -0.114. The van der Waals surface area contributed by atoms with E-state index < -0.39 is 0 Å². The quantitative estimate of drug-likeness (QED) is 0.696. The van der Waals surface area contributed by atoms with E-state index in [0.717, 1.165) is 27.8 Å². The smallest absolute Gasteiger partial charge is 0.269 e. The van der Waals surface area contributed by atoms with Crippen LogP contribution in [-0.4, -0.2) is 29.4 Å². The molecule has 1 aliphatic heterocycles. The fraction of sp³-hybridized carbons (Fsp3) is 0.143. The molecule has 0 radical (unpaired) electrons. The third-order valence-corrected chi connectivity index (χ3v) is 5.17. The highest BCUT2D eigenvalue weighted by molar-refractivity contribution is 7.07. The summed E-state index contributed by atoms with van der Waals surface area (Å²) in [6.07, 6.45) is 0.345. The number of amides is 1. The molecule has 3 aromatic rings. The minimum atomic E-state index is -0.157. The first-order valence-electron chi connectivity index (χ1n) is 8.56. The van der Waals surface area contributed by atoms with E-state index in [1.807, 2.05) is 36.4 Å². The number of thiazole rings is 1. The third kappa shape index (κ3) is 3.44. The van der Waals surface area contributed by atoms with Crippen molar-refractivity contribution in [1.29, 1.82) is 0 Å². The Bertz CT molecular complexity index is 1040. The maximum Gasteiger partial charge on any atom is 0.269 e. The van der Waals surface area contributed by atoms with Gasteiger partial charge in [0, 0.05) is 24.4 Å². The van der Waals surface area contributed by atoms with Gasteiger partial charge in [0.1, 0.15) is 11.4 Å². The molecule has 0 unspecified atom stereocenters. The number of benzene rings is 2. The lowest BCUT2D eigenvalue weighted by Crippen LogP contribution is -2.27. The fourth-order valence-corrected chi connectivity index (χ4v) is 3.69. The first-order chi connectivity index (χ1) is 13.2. The Morgan fingerprint density at radius 3 is 2.59 bits per heavy atom. The molecule has 0 aliphatic carbocycles. The second-order valence-electron chi connectivity index (χ2n) is 6.29. The molecule has 0 saturated heterocycles. The minimum absolute atomic E-state index is 0.0282. The lowest BCUT2D eigenvalue weighted by Gasteiger charge is -2.07. The molecule has 0 atom stereocenters. The number of Topliss-reactive ketones (excluding diaryl/α,β-unsaturated/α-hetero) is 1. The van der Waals surface area contributed by atoms with Crippen molar-refractivity contribution in [2.45, 2.75) is 13.0 Å². The Morgan fingerprint density at radius 1 is 1.11 bits per heavy atom. The van der Waals surface area contributed by atoms with Crippen LogP contribution in [0.5, 0.6) is 0 Å². The van der Waals surface area contributed by atoms with E-state index in [9.17, 15) is 9.59 Å². The van der Waals surface area contributed by atoms with Crippen molar-refractivity contribution in [3.63, 3.8) is 0 Å². The average Bonchev–Trinajstić information content (AvgIpc) is 3.37. The van der Waals surface area contributed by atoms with Crippen molar-refractivity contribution in [2.75, 3.05) is 7.05 Å². The van der Waals surface area contributed by atoms with E-state index >= 15 is 0 Å². The number of hydrogen-bond acceptors (Lipinski definition) is 5. The van der Waals surface area contributed by atoms with Gasteiger partial charge in [0.25, 0.3) is 5.91 Å². The molecule has 5 nitrogen and oxygen atoms in total. The summed E-state index contributed by atoms with van der Waals surface area (Å²) >= 11 is 1.42. The molecule has 0 fully saturated rings. The van der Waals surface area contributed by atoms with Gasteiger partial charge in [-0.25, -0.2) is 4.98 Å². The fourth-order valence-electron chi connectivity index (χ4n) is 3.14. The second kappa shape index (κ2) is 7.25. The van der Waals surface area contributed by atoms with E-state index in [4.69, 9.17) is 0 Å². The van der Waals surface area contributed by atoms with Gasteiger partial charge in [-0.15, -0.1) is 11.3 Å². The van der Waals surface area contributed by atoms with E-state index in [0.29, 0.717) is 24.4 Å². The van der Waals surface area contributed by atoms with Gasteiger partial charge in [0.05, 0.1) is 12.1 Å². The van der Waals surface area contributed by atoms with Crippen LogP contribution in [0.2, 0.25) is 0 Å². The van der Waals surface area contributed by atoms with Crippen molar-refractivity contribution in [2.24, 2.45) is 4.99 Å². The molecule has 2 heterocycles. The monoisotopic (exact) mass is 375 g/mol. The number of nitrogens with one attached hydrogen (secondary N) is 1. The second-order valence-corrected chi connectivity index (χ2v) is 7.01. The normalized spacial score (nSPS) is 12.4. The van der Waals surface area contributed by atoms with Crippen LogP contribution in [0.3, 0.4) is 0 Å². The van der Waals surface area contributed by atoms with E-state index in [-0.39, 0.29) is 11.7 Å². The summed E-state index contributed by atoms with van der Waals surface area (Å²) in [6.45, 7) is 0.520. The number of aliphatic imine (C=N–C) groups is 1. The molecular weight excluding hydrogens is 358 g/mol. The Morgan fingerprint density at radius 2 is 1.89 bits per heavy atom. The van der Waals surface area contributed by atoms with Crippen molar-refractivity contribution >= 4 is 28.7 Å². The number of carbonyl (C=O) groups is 2. The van der Waals surface area contributed by atoms with Crippen LogP contribution in [0.1, 0.15) is 27.2 Å². The molecule has 1 amide bonds. The predicted molar refractivity (Wildman–Crippen MR) is 106 cm³/mol. The SMILES string of the molecule is CNC(=O)C1=NCc2cc(-c3ccc(CC(=O)c4cscn4)cc3)ccc21. The van der Waals surface area contributed by atoms with Crippen molar-refractivity contribution in [3.05, 3.63) is 75.7 Å².